The first kappa shape index (κ1) is 15.4. The van der Waals surface area contributed by atoms with E-state index in [1.807, 2.05) is 18.2 Å². The van der Waals surface area contributed by atoms with Crippen LogP contribution in [0.25, 0.3) is 0 Å². The Labute approximate surface area is 139 Å². The number of anilines is 1. The zero-order valence-electron chi connectivity index (χ0n) is 12.4. The Hall–Kier alpha value is -2.53. The molecule has 0 saturated carbocycles. The van der Waals surface area contributed by atoms with E-state index < -0.39 is 0 Å². The fourth-order valence-electron chi connectivity index (χ4n) is 2.45. The molecule has 118 valence electrons. The van der Waals surface area contributed by atoms with E-state index in [0.29, 0.717) is 29.4 Å². The number of amides is 3. The van der Waals surface area contributed by atoms with Crippen LogP contribution < -0.4 is 16.0 Å². The average Bonchev–Trinajstić information content (AvgIpc) is 2.55. The van der Waals surface area contributed by atoms with E-state index in [1.54, 1.807) is 24.3 Å². The molecule has 1 heterocycles. The predicted molar refractivity (Wildman–Crippen MR) is 89.8 cm³/mol. The van der Waals surface area contributed by atoms with Gasteiger partial charge in [0, 0.05) is 29.4 Å². The number of benzene rings is 2. The summed E-state index contributed by atoms with van der Waals surface area (Å²) in [7, 11) is 0. The summed E-state index contributed by atoms with van der Waals surface area (Å²) < 4.78 is 0. The van der Waals surface area contributed by atoms with Crippen LogP contribution in [-0.2, 0) is 13.0 Å². The normalized spacial score (nSPS) is 13.0. The summed E-state index contributed by atoms with van der Waals surface area (Å²) in [5.41, 5.74) is 3.16. The first-order chi connectivity index (χ1) is 11.1. The standard InChI is InChI=1S/C17H16ClN3O2/c18-13-4-1-11(2-5-13)10-20-17(23)21-14-6-3-12-7-8-19-16(22)15(12)9-14/h1-6,9H,7-8,10H2,(H,19,22)(H2,20,21,23). The molecule has 3 rings (SSSR count). The molecule has 5 nitrogen and oxygen atoms in total. The zero-order chi connectivity index (χ0) is 16.2. The maximum absolute atomic E-state index is 12.0. The second kappa shape index (κ2) is 6.71. The monoisotopic (exact) mass is 329 g/mol. The Bertz CT molecular complexity index is 744. The molecular formula is C17H16ClN3O2. The number of hydrogen-bond acceptors (Lipinski definition) is 2. The van der Waals surface area contributed by atoms with Crippen LogP contribution in [0.4, 0.5) is 10.5 Å². The molecule has 6 heteroatoms. The van der Waals surface area contributed by atoms with Crippen molar-refractivity contribution < 1.29 is 9.59 Å². The zero-order valence-corrected chi connectivity index (χ0v) is 13.1. The number of carbonyl (C=O) groups excluding carboxylic acids is 2. The van der Waals surface area contributed by atoms with Gasteiger partial charge in [-0.3, -0.25) is 4.79 Å². The van der Waals surface area contributed by atoms with Crippen molar-refractivity contribution in [1.29, 1.82) is 0 Å². The summed E-state index contributed by atoms with van der Waals surface area (Å²) in [5, 5.41) is 8.95. The van der Waals surface area contributed by atoms with Gasteiger partial charge in [-0.15, -0.1) is 0 Å². The summed E-state index contributed by atoms with van der Waals surface area (Å²) in [6, 6.07) is 12.3. The minimum atomic E-state index is -0.323. The highest BCUT2D eigenvalue weighted by Crippen LogP contribution is 2.19. The molecule has 23 heavy (non-hydrogen) atoms. The van der Waals surface area contributed by atoms with Gasteiger partial charge in [0.1, 0.15) is 0 Å². The molecule has 1 aliphatic rings. The lowest BCUT2D eigenvalue weighted by molar-refractivity contribution is 0.0946. The van der Waals surface area contributed by atoms with Gasteiger partial charge in [-0.25, -0.2) is 4.79 Å². The quantitative estimate of drug-likeness (QED) is 0.810. The van der Waals surface area contributed by atoms with Crippen molar-refractivity contribution in [3.05, 3.63) is 64.2 Å². The summed E-state index contributed by atoms with van der Waals surface area (Å²) in [6.45, 7) is 1.05. The van der Waals surface area contributed by atoms with Gasteiger partial charge in [0.2, 0.25) is 0 Å². The van der Waals surface area contributed by atoms with E-state index in [1.165, 1.54) is 0 Å². The van der Waals surface area contributed by atoms with Gasteiger partial charge in [-0.2, -0.15) is 0 Å². The van der Waals surface area contributed by atoms with Crippen molar-refractivity contribution in [2.24, 2.45) is 0 Å². The van der Waals surface area contributed by atoms with Crippen molar-refractivity contribution in [3.63, 3.8) is 0 Å². The van der Waals surface area contributed by atoms with Gasteiger partial charge in [0.15, 0.2) is 0 Å². The van der Waals surface area contributed by atoms with Gasteiger partial charge in [-0.05, 0) is 41.8 Å². The number of urea groups is 1. The maximum Gasteiger partial charge on any atom is 0.319 e. The Balaban J connectivity index is 1.60. The second-order valence-electron chi connectivity index (χ2n) is 5.31. The third-order valence-electron chi connectivity index (χ3n) is 3.66. The lowest BCUT2D eigenvalue weighted by Gasteiger charge is -2.17. The van der Waals surface area contributed by atoms with Gasteiger partial charge in [-0.1, -0.05) is 29.8 Å². The van der Waals surface area contributed by atoms with Crippen molar-refractivity contribution in [1.82, 2.24) is 10.6 Å². The van der Waals surface area contributed by atoms with E-state index in [2.05, 4.69) is 16.0 Å². The van der Waals surface area contributed by atoms with Crippen LogP contribution in [0.3, 0.4) is 0 Å². The van der Waals surface area contributed by atoms with E-state index in [9.17, 15) is 9.59 Å². The van der Waals surface area contributed by atoms with Crippen LogP contribution in [0, 0.1) is 0 Å². The number of rotatable bonds is 3. The van der Waals surface area contributed by atoms with Crippen LogP contribution in [0.1, 0.15) is 21.5 Å². The first-order valence-corrected chi connectivity index (χ1v) is 7.70. The largest absolute Gasteiger partial charge is 0.352 e. The molecule has 3 amide bonds. The van der Waals surface area contributed by atoms with Crippen molar-refractivity contribution in [2.45, 2.75) is 13.0 Å². The van der Waals surface area contributed by atoms with Gasteiger partial charge in [0.05, 0.1) is 0 Å². The number of hydrogen-bond donors (Lipinski definition) is 3. The highest BCUT2D eigenvalue weighted by Gasteiger charge is 2.17. The summed E-state index contributed by atoms with van der Waals surface area (Å²) in [4.78, 5) is 23.8. The Morgan fingerprint density at radius 3 is 2.74 bits per heavy atom. The second-order valence-corrected chi connectivity index (χ2v) is 5.75. The van der Waals surface area contributed by atoms with E-state index in [4.69, 9.17) is 11.6 Å². The number of fused-ring (bicyclic) bond motifs is 1. The molecule has 0 unspecified atom stereocenters. The van der Waals surface area contributed by atoms with Crippen LogP contribution in [0.2, 0.25) is 5.02 Å². The number of nitrogens with one attached hydrogen (secondary N) is 3. The van der Waals surface area contributed by atoms with Gasteiger partial charge < -0.3 is 16.0 Å². The first-order valence-electron chi connectivity index (χ1n) is 7.32. The molecule has 0 spiro atoms. The Morgan fingerprint density at radius 2 is 1.96 bits per heavy atom. The molecule has 1 aliphatic heterocycles. The molecule has 0 aromatic heterocycles. The Kier molecular flexibility index (Phi) is 4.48. The minimum Gasteiger partial charge on any atom is -0.352 e. The molecular weight excluding hydrogens is 314 g/mol. The topological polar surface area (TPSA) is 70.2 Å². The minimum absolute atomic E-state index is 0.100. The van der Waals surface area contributed by atoms with Crippen LogP contribution >= 0.6 is 11.6 Å². The highest BCUT2D eigenvalue weighted by molar-refractivity contribution is 6.30. The smallest absolute Gasteiger partial charge is 0.319 e. The molecule has 0 aliphatic carbocycles. The van der Waals surface area contributed by atoms with Crippen molar-refractivity contribution >= 4 is 29.2 Å². The molecule has 0 atom stereocenters. The van der Waals surface area contributed by atoms with Crippen molar-refractivity contribution in [3.8, 4) is 0 Å². The molecule has 0 bridgehead atoms. The fraction of sp³-hybridized carbons (Fsp3) is 0.176. The van der Waals surface area contributed by atoms with E-state index in [0.717, 1.165) is 17.5 Å². The highest BCUT2D eigenvalue weighted by atomic mass is 35.5. The molecule has 2 aromatic rings. The molecule has 2 aromatic carbocycles. The average molecular weight is 330 g/mol. The Morgan fingerprint density at radius 1 is 1.17 bits per heavy atom. The number of carbonyl (C=O) groups is 2. The van der Waals surface area contributed by atoms with Crippen LogP contribution in [0.15, 0.2) is 42.5 Å². The predicted octanol–water partition coefficient (Wildman–Crippen LogP) is 2.95. The van der Waals surface area contributed by atoms with Crippen LogP contribution in [0.5, 0.6) is 0 Å². The lowest BCUT2D eigenvalue weighted by atomic mass is 10.00. The summed E-state index contributed by atoms with van der Waals surface area (Å²) in [6.07, 6.45) is 0.810. The van der Waals surface area contributed by atoms with Gasteiger partial charge in [0.25, 0.3) is 5.91 Å². The summed E-state index contributed by atoms with van der Waals surface area (Å²) >= 11 is 5.82. The van der Waals surface area contributed by atoms with Crippen molar-refractivity contribution in [2.75, 3.05) is 11.9 Å². The third kappa shape index (κ3) is 3.81. The SMILES string of the molecule is O=C(NCc1ccc(Cl)cc1)Nc1ccc2c(c1)C(=O)NCC2. The maximum atomic E-state index is 12.0. The summed E-state index contributed by atoms with van der Waals surface area (Å²) in [5.74, 6) is -0.100. The van der Waals surface area contributed by atoms with Gasteiger partial charge >= 0.3 is 6.03 Å². The molecule has 0 fully saturated rings. The number of halogens is 1. The lowest BCUT2D eigenvalue weighted by Crippen LogP contribution is -2.32. The molecule has 0 radical (unpaired) electrons. The van der Waals surface area contributed by atoms with Crippen LogP contribution in [-0.4, -0.2) is 18.5 Å². The molecule has 0 saturated heterocycles. The van der Waals surface area contributed by atoms with E-state index in [-0.39, 0.29) is 11.9 Å². The third-order valence-corrected chi connectivity index (χ3v) is 3.91. The fourth-order valence-corrected chi connectivity index (χ4v) is 2.58. The van der Waals surface area contributed by atoms with E-state index >= 15 is 0 Å². The molecule has 3 N–H and O–H groups in total.